The number of aromatic amines is 2. The number of aliphatic hydroxyl groups excluding tert-OH is 4. The zero-order chi connectivity index (χ0) is 54.3. The molecular formula is C32H44N15O24P4+. The minimum atomic E-state index is -6.20. The maximum atomic E-state index is 13.7. The second kappa shape index (κ2) is 20.3. The van der Waals surface area contributed by atoms with Gasteiger partial charge < -0.3 is 76.1 Å². The summed E-state index contributed by atoms with van der Waals surface area (Å²) in [5, 5.41) is 43.2. The number of fused-ring (bicyclic) bond motifs is 3. The summed E-state index contributed by atoms with van der Waals surface area (Å²) >= 11 is 0. The van der Waals surface area contributed by atoms with Crippen molar-refractivity contribution in [3.63, 3.8) is 0 Å². The van der Waals surface area contributed by atoms with Gasteiger partial charge in [0, 0.05) is 7.11 Å². The number of phosphoric acid groups is 4. The summed E-state index contributed by atoms with van der Waals surface area (Å²) in [6.07, 6.45) is -15.8. The first kappa shape index (κ1) is 54.6. The Bertz CT molecular complexity index is 3470. The van der Waals surface area contributed by atoms with Gasteiger partial charge in [-0.1, -0.05) is 4.98 Å². The molecule has 3 fully saturated rings. The van der Waals surface area contributed by atoms with Crippen molar-refractivity contribution in [2.24, 2.45) is 7.05 Å². The molecule has 0 aromatic carbocycles. The van der Waals surface area contributed by atoms with Crippen molar-refractivity contribution in [3.05, 3.63) is 46.0 Å². The van der Waals surface area contributed by atoms with E-state index in [9.17, 15) is 67.8 Å². The Hall–Kier alpha value is -5.15. The highest BCUT2D eigenvalue weighted by Crippen LogP contribution is 2.68. The van der Waals surface area contributed by atoms with Crippen LogP contribution < -0.4 is 32.9 Å². The molecule has 0 bridgehead atoms. The number of nitrogens with two attached hydrogens (primary N) is 3. The summed E-state index contributed by atoms with van der Waals surface area (Å²) in [6.45, 7) is -3.40. The van der Waals surface area contributed by atoms with Crippen LogP contribution in [0.15, 0.2) is 34.9 Å². The molecule has 3 aliphatic rings. The molecule has 16 N–H and O–H groups in total. The number of hydrogen-bond donors (Lipinski definition) is 13. The Morgan fingerprint density at radius 2 is 1.23 bits per heavy atom. The van der Waals surface area contributed by atoms with Gasteiger partial charge in [-0.2, -0.15) is 13.6 Å². The summed E-state index contributed by atoms with van der Waals surface area (Å²) in [5.41, 5.74) is 15.4. The molecule has 0 spiro atoms. The number of nitrogen functional groups attached to an aromatic ring is 3. The first-order chi connectivity index (χ1) is 35.2. The van der Waals surface area contributed by atoms with E-state index in [-0.39, 0.29) is 51.2 Å². The minimum Gasteiger partial charge on any atom is -0.387 e. The van der Waals surface area contributed by atoms with E-state index >= 15 is 0 Å². The number of H-pyrrole nitrogens is 2. The second-order valence-corrected chi connectivity index (χ2v) is 22.5. The molecule has 7 unspecified atom stereocenters. The number of phosphoric ester groups is 3. The fourth-order valence-corrected chi connectivity index (χ4v) is 12.8. The molecule has 39 nitrogen and oxygen atoms in total. The lowest BCUT2D eigenvalue weighted by Crippen LogP contribution is -2.46. The van der Waals surface area contributed by atoms with Crippen molar-refractivity contribution in [1.82, 2.24) is 53.6 Å². The van der Waals surface area contributed by atoms with Crippen LogP contribution in [0.25, 0.3) is 33.5 Å². The van der Waals surface area contributed by atoms with Crippen molar-refractivity contribution in [1.29, 1.82) is 0 Å². The second-order valence-electron chi connectivity index (χ2n) is 16.5. The van der Waals surface area contributed by atoms with Gasteiger partial charge in [0.2, 0.25) is 17.7 Å². The van der Waals surface area contributed by atoms with Gasteiger partial charge in [-0.3, -0.25) is 51.4 Å². The van der Waals surface area contributed by atoms with Crippen LogP contribution >= 0.6 is 31.3 Å². The van der Waals surface area contributed by atoms with Gasteiger partial charge in [-0.05, 0) is 0 Å². The number of aromatic nitrogens is 12. The smallest absolute Gasteiger partial charge is 0.387 e. The predicted molar refractivity (Wildman–Crippen MR) is 239 cm³/mol. The van der Waals surface area contributed by atoms with Gasteiger partial charge in [-0.15, -0.1) is 0 Å². The predicted octanol–water partition coefficient (Wildman–Crippen LogP) is -4.71. The number of aliphatic hydroxyl groups is 4. The molecule has 16 atom stereocenters. The van der Waals surface area contributed by atoms with E-state index in [1.54, 1.807) is 0 Å². The largest absolute Gasteiger partial charge is 0.490 e. The van der Waals surface area contributed by atoms with Crippen LogP contribution in [0.2, 0.25) is 0 Å². The normalized spacial score (nSPS) is 30.5. The lowest BCUT2D eigenvalue weighted by atomic mass is 10.1. The molecule has 6 aromatic rings. The van der Waals surface area contributed by atoms with Crippen LogP contribution in [0.1, 0.15) is 18.7 Å². The number of ether oxygens (including phenoxy) is 4. The fraction of sp³-hybridized carbons (Fsp3) is 0.531. The summed E-state index contributed by atoms with van der Waals surface area (Å²) in [6, 6.07) is 0. The van der Waals surface area contributed by atoms with Crippen molar-refractivity contribution in [2.45, 2.75) is 73.6 Å². The van der Waals surface area contributed by atoms with Gasteiger partial charge >= 0.3 is 36.9 Å². The third-order valence-corrected chi connectivity index (χ3v) is 16.8. The average molecular weight is 1150 g/mol. The van der Waals surface area contributed by atoms with Crippen LogP contribution in [0.4, 0.5) is 17.7 Å². The number of anilines is 3. The quantitative estimate of drug-likeness (QED) is 0.0268. The van der Waals surface area contributed by atoms with E-state index in [0.29, 0.717) is 0 Å². The number of rotatable bonds is 19. The standard InChI is InChI=1S/C32H43N15O24P4/c1-44-9-47(25-15(44)27(53)43-32(35)41-25)29-19(51)17(49)11(67-29)4-64-73(56,57)70-75(60,61)71-74(58,59)65-5-12-20(21(62-2)30(68-12)45-7-38-13-22(33)36-6-37-23(13)45)69-72(54,55)63-3-10-16(48)18(50)28(66-10)46-8-39-14-24(46)40-31(34)42-26(14)52/h6-12,16-21,28-30,48-51H,3-5H2,1-2H3,(H11-,33,34,35,36,37,40,41,42,43,52,53,54,55,56,57,58,59,60,61)/p+1/t10-,11+,12-,16?,17?,18+,19-,20?,21+,28-,29+,30-/m1/s1. The van der Waals surface area contributed by atoms with Gasteiger partial charge in [0.25, 0.3) is 17.1 Å². The molecule has 75 heavy (non-hydrogen) atoms. The molecule has 0 aliphatic carbocycles. The zero-order valence-electron chi connectivity index (χ0n) is 38.0. The van der Waals surface area contributed by atoms with Crippen molar-refractivity contribution < 1.29 is 108 Å². The summed E-state index contributed by atoms with van der Waals surface area (Å²) in [7, 11) is -20.9. The molecule has 0 saturated carbocycles. The number of aryl methyl sites for hydroxylation is 1. The number of imidazole rings is 3. The van der Waals surface area contributed by atoms with E-state index in [0.717, 1.165) is 35.2 Å². The third kappa shape index (κ3) is 10.9. The van der Waals surface area contributed by atoms with Crippen LogP contribution in [0.3, 0.4) is 0 Å². The molecule has 9 rings (SSSR count). The Kier molecular flexibility index (Phi) is 14.8. The van der Waals surface area contributed by atoms with Crippen LogP contribution in [-0.4, -0.2) is 175 Å². The monoisotopic (exact) mass is 1150 g/mol. The highest BCUT2D eigenvalue weighted by molar-refractivity contribution is 7.66. The van der Waals surface area contributed by atoms with Gasteiger partial charge in [0.1, 0.15) is 66.8 Å². The maximum absolute atomic E-state index is 13.7. The van der Waals surface area contributed by atoms with E-state index in [2.05, 4.69) is 53.0 Å². The zero-order valence-corrected chi connectivity index (χ0v) is 41.5. The molecule has 3 saturated heterocycles. The fourth-order valence-electron chi connectivity index (χ4n) is 8.29. The molecule has 0 radical (unpaired) electrons. The number of nitrogens with one attached hydrogen (secondary N) is 2. The highest BCUT2D eigenvalue weighted by atomic mass is 31.3. The van der Waals surface area contributed by atoms with Gasteiger partial charge in [0.05, 0.1) is 39.5 Å². The average Bonchev–Trinajstić information content (AvgIpc) is 4.17. The lowest BCUT2D eigenvalue weighted by molar-refractivity contribution is -0.745. The van der Waals surface area contributed by atoms with E-state index in [4.69, 9.17) is 49.7 Å². The topological polar surface area (TPSA) is 562 Å². The van der Waals surface area contributed by atoms with Crippen molar-refractivity contribution in [2.75, 3.05) is 44.1 Å². The van der Waals surface area contributed by atoms with Crippen LogP contribution in [0.5, 0.6) is 0 Å². The summed E-state index contributed by atoms with van der Waals surface area (Å²) in [5.74, 6) is -0.716. The Morgan fingerprint density at radius 3 is 1.89 bits per heavy atom. The van der Waals surface area contributed by atoms with Crippen molar-refractivity contribution in [3.8, 4) is 0 Å². The first-order valence-corrected chi connectivity index (χ1v) is 27.1. The number of hydrogen-bond acceptors (Lipinski definition) is 29. The lowest BCUT2D eigenvalue weighted by Gasteiger charge is -2.26. The molecule has 43 heteroatoms. The molecular weight excluding hydrogens is 1100 g/mol. The van der Waals surface area contributed by atoms with E-state index < -0.39 is 136 Å². The van der Waals surface area contributed by atoms with Crippen LogP contribution in [-0.2, 0) is 71.0 Å². The summed E-state index contributed by atoms with van der Waals surface area (Å²) < 4.78 is 109. The molecule has 3 aliphatic heterocycles. The van der Waals surface area contributed by atoms with E-state index in [1.165, 1.54) is 22.5 Å². The van der Waals surface area contributed by atoms with Gasteiger partial charge in [0.15, 0.2) is 41.4 Å². The first-order valence-electron chi connectivity index (χ1n) is 21.2. The number of nitrogens with zero attached hydrogens (tertiary/aromatic N) is 10. The molecule has 0 amide bonds. The highest BCUT2D eigenvalue weighted by Gasteiger charge is 2.54. The van der Waals surface area contributed by atoms with E-state index in [1.807, 2.05) is 0 Å². The van der Waals surface area contributed by atoms with Crippen LogP contribution in [0, 0.1) is 0 Å². The molecule has 6 aromatic heterocycles. The molecule has 410 valence electrons. The Labute approximate surface area is 414 Å². The van der Waals surface area contributed by atoms with Gasteiger partial charge in [-0.25, -0.2) is 42.8 Å². The molecule has 9 heterocycles. The Balaban J connectivity index is 0.862. The minimum absolute atomic E-state index is 0.00606. The van der Waals surface area contributed by atoms with Crippen molar-refractivity contribution >= 4 is 82.5 Å². The third-order valence-electron chi connectivity index (χ3n) is 11.6. The summed E-state index contributed by atoms with van der Waals surface area (Å²) in [4.78, 5) is 95.6. The Morgan fingerprint density at radius 1 is 0.667 bits per heavy atom. The number of methoxy groups -OCH3 is 1. The maximum Gasteiger partial charge on any atom is 0.490 e. The SMILES string of the molecule is CO[C@H]1C(OP(=O)(O)OC[C@H]2O[C@@H](n3cnc4c(=O)[nH]c(N)nc43)[C@@H](O)C2O)[C@@H](COP(=O)(O)OP(=O)(O)OP(=O)(O)OC[C@@H]2O[C@H]([n+]3cn(C)c4c(=O)[nH]c(N)nc43)[C@H](O)C2O)O[C@H]1n1cnc2c(N)ncnc21.